The number of carbonyl (C=O) groups excluding carboxylic acids is 2. The number of ether oxygens (including phenoxy) is 1. The van der Waals surface area contributed by atoms with E-state index in [9.17, 15) is 9.59 Å². The third kappa shape index (κ3) is 4.17. The van der Waals surface area contributed by atoms with Crippen LogP contribution in [0.1, 0.15) is 33.6 Å². The van der Waals surface area contributed by atoms with E-state index in [2.05, 4.69) is 5.32 Å². The van der Waals surface area contributed by atoms with Gasteiger partial charge in [-0.3, -0.25) is 9.59 Å². The molecule has 136 valence electrons. The van der Waals surface area contributed by atoms with Crippen LogP contribution in [0.4, 0.5) is 0 Å². The molecule has 0 spiro atoms. The molecule has 3 rings (SSSR count). The molecular formula is C20H21ClN2O3. The molecule has 2 aromatic rings. The molecule has 0 aliphatic carbocycles. The van der Waals surface area contributed by atoms with Gasteiger partial charge in [0.1, 0.15) is 5.75 Å². The lowest BCUT2D eigenvalue weighted by molar-refractivity contribution is 0.0698. The topological polar surface area (TPSA) is 58.6 Å². The average Bonchev–Trinajstić information content (AvgIpc) is 2.68. The van der Waals surface area contributed by atoms with E-state index < -0.39 is 0 Å². The van der Waals surface area contributed by atoms with Crippen molar-refractivity contribution in [3.05, 3.63) is 64.7 Å². The highest BCUT2D eigenvalue weighted by Crippen LogP contribution is 2.20. The fourth-order valence-corrected chi connectivity index (χ4v) is 3.26. The van der Waals surface area contributed by atoms with E-state index in [1.165, 1.54) is 0 Å². The molecule has 5 nitrogen and oxygen atoms in total. The molecule has 2 amide bonds. The fraction of sp³-hybridized carbons (Fsp3) is 0.300. The highest BCUT2D eigenvalue weighted by molar-refractivity contribution is 6.33. The van der Waals surface area contributed by atoms with Gasteiger partial charge in [0.2, 0.25) is 0 Å². The number of benzene rings is 2. The van der Waals surface area contributed by atoms with Crippen LogP contribution in [-0.4, -0.2) is 43.0 Å². The second-order valence-corrected chi connectivity index (χ2v) is 6.66. The molecule has 6 heteroatoms. The molecular weight excluding hydrogens is 352 g/mol. The van der Waals surface area contributed by atoms with Gasteiger partial charge in [-0.15, -0.1) is 0 Å². The molecule has 0 aromatic heterocycles. The Kier molecular flexibility index (Phi) is 5.78. The number of piperidine rings is 1. The van der Waals surface area contributed by atoms with E-state index in [1.807, 2.05) is 0 Å². The molecule has 1 aliphatic rings. The van der Waals surface area contributed by atoms with Crippen LogP contribution in [-0.2, 0) is 0 Å². The average molecular weight is 373 g/mol. The number of nitrogens with zero attached hydrogens (tertiary/aromatic N) is 1. The Balaban J connectivity index is 1.54. The van der Waals surface area contributed by atoms with E-state index >= 15 is 0 Å². The molecule has 26 heavy (non-hydrogen) atoms. The number of halogens is 1. The van der Waals surface area contributed by atoms with Crippen LogP contribution in [0, 0.1) is 0 Å². The lowest BCUT2D eigenvalue weighted by Crippen LogP contribution is -2.46. The predicted molar refractivity (Wildman–Crippen MR) is 101 cm³/mol. The molecule has 0 bridgehead atoms. The summed E-state index contributed by atoms with van der Waals surface area (Å²) in [6.07, 6.45) is 1.44. The van der Waals surface area contributed by atoms with Crippen molar-refractivity contribution in [1.29, 1.82) is 0 Å². The van der Waals surface area contributed by atoms with Gasteiger partial charge in [-0.05, 0) is 49.2 Å². The minimum absolute atomic E-state index is 0.0555. The summed E-state index contributed by atoms with van der Waals surface area (Å²) in [5.74, 6) is 0.548. The summed E-state index contributed by atoms with van der Waals surface area (Å²) < 4.78 is 5.10. The lowest BCUT2D eigenvalue weighted by Gasteiger charge is -2.32. The monoisotopic (exact) mass is 372 g/mol. The Morgan fingerprint density at radius 1 is 1.08 bits per heavy atom. The van der Waals surface area contributed by atoms with Crippen LogP contribution in [0.25, 0.3) is 0 Å². The summed E-state index contributed by atoms with van der Waals surface area (Å²) in [5.41, 5.74) is 1.12. The smallest absolute Gasteiger partial charge is 0.255 e. The fourth-order valence-electron chi connectivity index (χ4n) is 3.04. The van der Waals surface area contributed by atoms with Crippen LogP contribution < -0.4 is 10.1 Å². The number of methoxy groups -OCH3 is 1. The quantitative estimate of drug-likeness (QED) is 0.895. The summed E-state index contributed by atoms with van der Waals surface area (Å²) in [6, 6.07) is 14.1. The molecule has 0 atom stereocenters. The Morgan fingerprint density at radius 3 is 2.35 bits per heavy atom. The maximum absolute atomic E-state index is 12.6. The molecule has 1 fully saturated rings. The van der Waals surface area contributed by atoms with Gasteiger partial charge in [0.25, 0.3) is 11.8 Å². The standard InChI is InChI=1S/C20H21ClN2O3/c1-26-16-8-6-14(7-9-16)19(24)22-15-10-12-23(13-11-15)20(25)17-4-2-3-5-18(17)21/h2-9,15H,10-13H2,1H3,(H,22,24). The van der Waals surface area contributed by atoms with Crippen molar-refractivity contribution in [3.63, 3.8) is 0 Å². The molecule has 0 saturated carbocycles. The predicted octanol–water partition coefficient (Wildman–Crippen LogP) is 3.38. The van der Waals surface area contributed by atoms with Crippen LogP contribution in [0.2, 0.25) is 5.02 Å². The van der Waals surface area contributed by atoms with Gasteiger partial charge in [-0.25, -0.2) is 0 Å². The van der Waals surface area contributed by atoms with Gasteiger partial charge in [-0.2, -0.15) is 0 Å². The molecule has 1 aliphatic heterocycles. The molecule has 2 aromatic carbocycles. The Hall–Kier alpha value is -2.53. The van der Waals surface area contributed by atoms with Crippen LogP contribution in [0.3, 0.4) is 0 Å². The van der Waals surface area contributed by atoms with Gasteiger partial charge in [0.05, 0.1) is 17.7 Å². The summed E-state index contributed by atoms with van der Waals surface area (Å²) in [4.78, 5) is 26.7. The second-order valence-electron chi connectivity index (χ2n) is 6.25. The van der Waals surface area contributed by atoms with E-state index in [0.29, 0.717) is 35.0 Å². The first-order valence-electron chi connectivity index (χ1n) is 8.57. The Bertz CT molecular complexity index is 784. The number of likely N-dealkylation sites (tertiary alicyclic amines) is 1. The van der Waals surface area contributed by atoms with Crippen LogP contribution in [0.15, 0.2) is 48.5 Å². The molecule has 0 radical (unpaired) electrons. The normalized spacial score (nSPS) is 14.8. The summed E-state index contributed by atoms with van der Waals surface area (Å²) >= 11 is 6.11. The van der Waals surface area contributed by atoms with E-state index in [0.717, 1.165) is 12.8 Å². The molecule has 0 unspecified atom stereocenters. The Labute approximate surface area is 157 Å². The van der Waals surface area contributed by atoms with Gasteiger partial charge in [0, 0.05) is 24.7 Å². The first-order chi connectivity index (χ1) is 12.6. The van der Waals surface area contributed by atoms with Crippen molar-refractivity contribution < 1.29 is 14.3 Å². The van der Waals surface area contributed by atoms with Crippen molar-refractivity contribution in [2.45, 2.75) is 18.9 Å². The zero-order valence-corrected chi connectivity index (χ0v) is 15.3. The number of carbonyl (C=O) groups is 2. The van der Waals surface area contributed by atoms with Crippen molar-refractivity contribution in [3.8, 4) is 5.75 Å². The minimum atomic E-state index is -0.108. The van der Waals surface area contributed by atoms with E-state index in [-0.39, 0.29) is 17.9 Å². The second kappa shape index (κ2) is 8.23. The number of nitrogens with one attached hydrogen (secondary N) is 1. The van der Waals surface area contributed by atoms with Gasteiger partial charge >= 0.3 is 0 Å². The number of amides is 2. The molecule has 1 N–H and O–H groups in total. The summed E-state index contributed by atoms with van der Waals surface area (Å²) in [6.45, 7) is 1.19. The van der Waals surface area contributed by atoms with Gasteiger partial charge in [-0.1, -0.05) is 23.7 Å². The maximum atomic E-state index is 12.6. The SMILES string of the molecule is COc1ccc(C(=O)NC2CCN(C(=O)c3ccccc3Cl)CC2)cc1. The van der Waals surface area contributed by atoms with Gasteiger partial charge in [0.15, 0.2) is 0 Å². The lowest BCUT2D eigenvalue weighted by atomic mass is 10.0. The third-order valence-electron chi connectivity index (χ3n) is 4.57. The van der Waals surface area contributed by atoms with Crippen LogP contribution in [0.5, 0.6) is 5.75 Å². The largest absolute Gasteiger partial charge is 0.497 e. The van der Waals surface area contributed by atoms with Crippen molar-refractivity contribution in [2.24, 2.45) is 0 Å². The molecule has 1 saturated heterocycles. The third-order valence-corrected chi connectivity index (χ3v) is 4.90. The van der Waals surface area contributed by atoms with E-state index in [1.54, 1.807) is 60.5 Å². The first-order valence-corrected chi connectivity index (χ1v) is 8.95. The molecule has 1 heterocycles. The zero-order chi connectivity index (χ0) is 18.5. The zero-order valence-electron chi connectivity index (χ0n) is 14.6. The van der Waals surface area contributed by atoms with Crippen molar-refractivity contribution in [1.82, 2.24) is 10.2 Å². The highest BCUT2D eigenvalue weighted by Gasteiger charge is 2.25. The summed E-state index contributed by atoms with van der Waals surface area (Å²) in [5, 5.41) is 3.50. The minimum Gasteiger partial charge on any atom is -0.497 e. The number of hydrogen-bond donors (Lipinski definition) is 1. The number of rotatable bonds is 4. The highest BCUT2D eigenvalue weighted by atomic mass is 35.5. The van der Waals surface area contributed by atoms with Gasteiger partial charge < -0.3 is 15.0 Å². The number of hydrogen-bond acceptors (Lipinski definition) is 3. The Morgan fingerprint density at radius 2 is 1.73 bits per heavy atom. The van der Waals surface area contributed by atoms with Crippen LogP contribution >= 0.6 is 11.6 Å². The maximum Gasteiger partial charge on any atom is 0.255 e. The van der Waals surface area contributed by atoms with Crippen molar-refractivity contribution in [2.75, 3.05) is 20.2 Å². The first kappa shape index (κ1) is 18.3. The summed E-state index contributed by atoms with van der Waals surface area (Å²) in [7, 11) is 1.59. The van der Waals surface area contributed by atoms with E-state index in [4.69, 9.17) is 16.3 Å². The van der Waals surface area contributed by atoms with Crippen molar-refractivity contribution >= 4 is 23.4 Å².